The minimum atomic E-state index is -1.03. The summed E-state index contributed by atoms with van der Waals surface area (Å²) in [6.07, 6.45) is 1.35. The number of carboxylic acids is 1. The predicted octanol–water partition coefficient (Wildman–Crippen LogP) is 4.81. The highest BCUT2D eigenvalue weighted by Gasteiger charge is 2.14. The molecule has 1 heterocycles. The first-order chi connectivity index (χ1) is 13.9. The predicted molar refractivity (Wildman–Crippen MR) is 109 cm³/mol. The quantitative estimate of drug-likeness (QED) is 0.484. The van der Waals surface area contributed by atoms with E-state index in [1.807, 2.05) is 32.0 Å². The number of aryl methyl sites for hydroxylation is 2. The first-order valence-electron chi connectivity index (χ1n) is 8.82. The molecule has 0 radical (unpaired) electrons. The standard InChI is InChI=1S/C23H18N2O4/c1-14-7-8-16(23(27)28)12-19(14)21-10-9-18(29-21)11-17(13-24)22(26)25-20-6-4-3-5-15(20)2/h3-12H,1-2H3,(H,25,26)(H,27,28)/b17-11+. The monoisotopic (exact) mass is 386 g/mol. The summed E-state index contributed by atoms with van der Waals surface area (Å²) in [6.45, 7) is 3.70. The van der Waals surface area contributed by atoms with E-state index in [-0.39, 0.29) is 11.1 Å². The van der Waals surface area contributed by atoms with E-state index in [9.17, 15) is 20.0 Å². The average Bonchev–Trinajstić information content (AvgIpc) is 3.16. The lowest BCUT2D eigenvalue weighted by Gasteiger charge is -2.07. The number of carbonyl (C=O) groups excluding carboxylic acids is 1. The second-order valence-electron chi connectivity index (χ2n) is 6.48. The lowest BCUT2D eigenvalue weighted by Crippen LogP contribution is -2.14. The molecular weight excluding hydrogens is 368 g/mol. The van der Waals surface area contributed by atoms with Gasteiger partial charge in [0.25, 0.3) is 5.91 Å². The number of amides is 1. The molecule has 6 heteroatoms. The zero-order valence-corrected chi connectivity index (χ0v) is 15.9. The molecular formula is C23H18N2O4. The Balaban J connectivity index is 1.87. The van der Waals surface area contributed by atoms with Gasteiger partial charge >= 0.3 is 5.97 Å². The van der Waals surface area contributed by atoms with E-state index in [1.54, 1.807) is 30.3 Å². The molecule has 2 N–H and O–H groups in total. The fourth-order valence-corrected chi connectivity index (χ4v) is 2.79. The van der Waals surface area contributed by atoms with Crippen molar-refractivity contribution < 1.29 is 19.1 Å². The molecule has 29 heavy (non-hydrogen) atoms. The van der Waals surface area contributed by atoms with E-state index in [2.05, 4.69) is 5.32 Å². The molecule has 1 aromatic heterocycles. The van der Waals surface area contributed by atoms with Crippen LogP contribution in [0.25, 0.3) is 17.4 Å². The van der Waals surface area contributed by atoms with Gasteiger partial charge in [0.05, 0.1) is 5.56 Å². The SMILES string of the molecule is Cc1ccccc1NC(=O)/C(C#N)=C/c1ccc(-c2cc(C(=O)O)ccc2C)o1. The van der Waals surface area contributed by atoms with Gasteiger partial charge in [0, 0.05) is 17.3 Å². The largest absolute Gasteiger partial charge is 0.478 e. The summed E-state index contributed by atoms with van der Waals surface area (Å²) >= 11 is 0. The van der Waals surface area contributed by atoms with E-state index in [0.717, 1.165) is 11.1 Å². The Labute approximate surface area is 167 Å². The number of carbonyl (C=O) groups is 2. The van der Waals surface area contributed by atoms with Crippen LogP contribution in [-0.4, -0.2) is 17.0 Å². The van der Waals surface area contributed by atoms with Gasteiger partial charge in [-0.2, -0.15) is 5.26 Å². The van der Waals surface area contributed by atoms with Crippen LogP contribution in [0.15, 0.2) is 64.6 Å². The highest BCUT2D eigenvalue weighted by molar-refractivity contribution is 6.09. The summed E-state index contributed by atoms with van der Waals surface area (Å²) in [5.74, 6) is -0.800. The molecule has 0 unspecified atom stereocenters. The van der Waals surface area contributed by atoms with E-state index in [4.69, 9.17) is 4.42 Å². The van der Waals surface area contributed by atoms with Crippen molar-refractivity contribution in [2.45, 2.75) is 13.8 Å². The Morgan fingerprint density at radius 1 is 1.07 bits per heavy atom. The van der Waals surface area contributed by atoms with Gasteiger partial charge in [0.1, 0.15) is 23.2 Å². The molecule has 0 saturated carbocycles. The van der Waals surface area contributed by atoms with Gasteiger partial charge in [-0.05, 0) is 55.3 Å². The van der Waals surface area contributed by atoms with Crippen LogP contribution in [0, 0.1) is 25.2 Å². The average molecular weight is 386 g/mol. The van der Waals surface area contributed by atoms with Gasteiger partial charge in [-0.3, -0.25) is 4.79 Å². The molecule has 1 amide bonds. The number of nitrogens with one attached hydrogen (secondary N) is 1. The van der Waals surface area contributed by atoms with Crippen LogP contribution >= 0.6 is 0 Å². The van der Waals surface area contributed by atoms with Crippen LogP contribution in [0.3, 0.4) is 0 Å². The fourth-order valence-electron chi connectivity index (χ4n) is 2.79. The first-order valence-corrected chi connectivity index (χ1v) is 8.82. The summed E-state index contributed by atoms with van der Waals surface area (Å²) in [6, 6.07) is 17.2. The van der Waals surface area contributed by atoms with Gasteiger partial charge in [-0.25, -0.2) is 4.79 Å². The summed E-state index contributed by atoms with van der Waals surface area (Å²) in [5, 5.41) is 21.3. The van der Waals surface area contributed by atoms with Crippen LogP contribution in [0.5, 0.6) is 0 Å². The van der Waals surface area contributed by atoms with Gasteiger partial charge in [-0.1, -0.05) is 24.3 Å². The molecule has 0 fully saturated rings. The smallest absolute Gasteiger partial charge is 0.335 e. The van der Waals surface area contributed by atoms with Crippen LogP contribution in [-0.2, 0) is 4.79 Å². The molecule has 0 aliphatic rings. The topological polar surface area (TPSA) is 103 Å². The molecule has 0 spiro atoms. The van der Waals surface area contributed by atoms with E-state index < -0.39 is 11.9 Å². The number of carboxylic acid groups (broad SMARTS) is 1. The third-order valence-corrected chi connectivity index (χ3v) is 4.42. The Morgan fingerprint density at radius 2 is 1.83 bits per heavy atom. The minimum absolute atomic E-state index is 0.106. The van der Waals surface area contributed by atoms with Crippen molar-refractivity contribution in [3.63, 3.8) is 0 Å². The molecule has 3 rings (SSSR count). The molecule has 3 aromatic rings. The maximum Gasteiger partial charge on any atom is 0.335 e. The molecule has 0 saturated heterocycles. The molecule has 0 aliphatic carbocycles. The number of para-hydroxylation sites is 1. The molecule has 6 nitrogen and oxygen atoms in total. The maximum atomic E-state index is 12.4. The van der Waals surface area contributed by atoms with Gasteiger partial charge in [-0.15, -0.1) is 0 Å². The number of anilines is 1. The van der Waals surface area contributed by atoms with Crippen molar-refractivity contribution in [2.75, 3.05) is 5.32 Å². The Hall–Kier alpha value is -4.11. The van der Waals surface area contributed by atoms with Crippen LogP contribution < -0.4 is 5.32 Å². The number of rotatable bonds is 5. The fraction of sp³-hybridized carbons (Fsp3) is 0.0870. The molecule has 0 bridgehead atoms. The van der Waals surface area contributed by atoms with Crippen molar-refractivity contribution in [1.29, 1.82) is 5.26 Å². The van der Waals surface area contributed by atoms with Crippen molar-refractivity contribution in [3.05, 3.63) is 82.6 Å². The van der Waals surface area contributed by atoms with Gasteiger partial charge in [0.15, 0.2) is 0 Å². The third-order valence-electron chi connectivity index (χ3n) is 4.42. The van der Waals surface area contributed by atoms with E-state index >= 15 is 0 Å². The number of nitriles is 1. The minimum Gasteiger partial charge on any atom is -0.478 e. The van der Waals surface area contributed by atoms with Crippen LogP contribution in [0.4, 0.5) is 5.69 Å². The Kier molecular flexibility index (Phi) is 5.61. The normalized spacial score (nSPS) is 11.0. The second kappa shape index (κ2) is 8.28. The maximum absolute atomic E-state index is 12.4. The summed E-state index contributed by atoms with van der Waals surface area (Å²) in [4.78, 5) is 23.7. The highest BCUT2D eigenvalue weighted by Crippen LogP contribution is 2.28. The number of hydrogen-bond acceptors (Lipinski definition) is 4. The van der Waals surface area contributed by atoms with Crippen molar-refractivity contribution in [2.24, 2.45) is 0 Å². The highest BCUT2D eigenvalue weighted by atomic mass is 16.4. The summed E-state index contributed by atoms with van der Waals surface area (Å²) in [5.41, 5.74) is 3.02. The number of nitrogens with zero attached hydrogens (tertiary/aromatic N) is 1. The number of aromatic carboxylic acids is 1. The van der Waals surface area contributed by atoms with E-state index in [0.29, 0.717) is 22.8 Å². The van der Waals surface area contributed by atoms with Crippen molar-refractivity contribution >= 4 is 23.6 Å². The molecule has 0 aliphatic heterocycles. The van der Waals surface area contributed by atoms with Crippen LogP contribution in [0.1, 0.15) is 27.2 Å². The first kappa shape index (κ1) is 19.6. The van der Waals surface area contributed by atoms with E-state index in [1.165, 1.54) is 18.2 Å². The number of furan rings is 1. The zero-order valence-electron chi connectivity index (χ0n) is 15.9. The Morgan fingerprint density at radius 3 is 2.52 bits per heavy atom. The van der Waals surface area contributed by atoms with Crippen LogP contribution in [0.2, 0.25) is 0 Å². The molecule has 0 atom stereocenters. The zero-order chi connectivity index (χ0) is 21.0. The Bertz CT molecular complexity index is 1170. The molecule has 2 aromatic carbocycles. The molecule has 144 valence electrons. The summed E-state index contributed by atoms with van der Waals surface area (Å²) < 4.78 is 5.74. The second-order valence-corrected chi connectivity index (χ2v) is 6.48. The number of benzene rings is 2. The van der Waals surface area contributed by atoms with Gasteiger partial charge < -0.3 is 14.8 Å². The van der Waals surface area contributed by atoms with Crippen molar-refractivity contribution in [3.8, 4) is 17.4 Å². The third kappa shape index (κ3) is 4.42. The number of hydrogen-bond donors (Lipinski definition) is 2. The van der Waals surface area contributed by atoms with Crippen molar-refractivity contribution in [1.82, 2.24) is 0 Å². The summed E-state index contributed by atoms with van der Waals surface area (Å²) in [7, 11) is 0. The van der Waals surface area contributed by atoms with Gasteiger partial charge in [0.2, 0.25) is 0 Å². The lowest BCUT2D eigenvalue weighted by atomic mass is 10.0. The lowest BCUT2D eigenvalue weighted by molar-refractivity contribution is -0.112.